The highest BCUT2D eigenvalue weighted by Crippen LogP contribution is 2.62. The van der Waals surface area contributed by atoms with Gasteiger partial charge in [0.15, 0.2) is 11.5 Å². The van der Waals surface area contributed by atoms with Gasteiger partial charge in [-0.2, -0.15) is 0 Å². The van der Waals surface area contributed by atoms with Crippen molar-refractivity contribution in [3.63, 3.8) is 0 Å². The summed E-state index contributed by atoms with van der Waals surface area (Å²) in [6.07, 6.45) is 5.51. The highest BCUT2D eigenvalue weighted by Gasteiger charge is 2.64. The van der Waals surface area contributed by atoms with E-state index in [0.717, 1.165) is 63.7 Å². The van der Waals surface area contributed by atoms with Gasteiger partial charge in [0.25, 0.3) is 0 Å². The van der Waals surface area contributed by atoms with Gasteiger partial charge < -0.3 is 53.6 Å². The third kappa shape index (κ3) is 7.10. The van der Waals surface area contributed by atoms with E-state index < -0.39 is 21.7 Å². The Labute approximate surface area is 225 Å². The topological polar surface area (TPSA) is 210 Å². The predicted octanol–water partition coefficient (Wildman–Crippen LogP) is -0.654. The van der Waals surface area contributed by atoms with Crippen molar-refractivity contribution in [2.45, 2.75) is 36.5 Å². The molecule has 3 aliphatic heterocycles. The fraction of sp³-hybridized carbons (Fsp3) is 0.652. The lowest BCUT2D eigenvalue weighted by Crippen LogP contribution is -2.64. The molecule has 5 aliphatic rings. The number of aliphatic hydroxyl groups is 1. The molecule has 7 N–H and O–H groups in total. The molecule has 2 fully saturated rings. The zero-order valence-electron chi connectivity index (χ0n) is 21.4. The Morgan fingerprint density at radius 1 is 1.03 bits per heavy atom. The van der Waals surface area contributed by atoms with Gasteiger partial charge in [-0.25, -0.2) is 9.13 Å². The summed E-state index contributed by atoms with van der Waals surface area (Å²) < 4.78 is 36.0. The third-order valence-electron chi connectivity index (χ3n) is 7.90. The summed E-state index contributed by atoms with van der Waals surface area (Å²) in [7, 11) is -7.05. The summed E-state index contributed by atoms with van der Waals surface area (Å²) in [5, 5.41) is 10.8. The van der Waals surface area contributed by atoms with Gasteiger partial charge >= 0.3 is 15.6 Å². The Balaban J connectivity index is 0.000000305. The molecule has 0 saturated carbocycles. The van der Waals surface area contributed by atoms with Crippen LogP contribution in [0.15, 0.2) is 24.3 Å². The van der Waals surface area contributed by atoms with E-state index in [1.807, 2.05) is 6.08 Å². The monoisotopic (exact) mass is 594 g/mol. The van der Waals surface area contributed by atoms with Gasteiger partial charge in [0.2, 0.25) is 0 Å². The molecule has 0 aromatic heterocycles. The van der Waals surface area contributed by atoms with Crippen molar-refractivity contribution in [3.05, 3.63) is 35.4 Å². The largest absolute Gasteiger partial charge is 0.488 e. The van der Waals surface area contributed by atoms with Crippen molar-refractivity contribution in [2.75, 3.05) is 53.0 Å². The minimum absolute atomic E-state index is 0.113. The van der Waals surface area contributed by atoms with Gasteiger partial charge in [-0.3, -0.25) is 4.90 Å². The molecule has 3 heterocycles. The van der Waals surface area contributed by atoms with Crippen LogP contribution in [0.5, 0.6) is 11.5 Å². The van der Waals surface area contributed by atoms with Crippen LogP contribution >= 0.6 is 15.6 Å². The maximum atomic E-state index is 10.8. The second-order valence-corrected chi connectivity index (χ2v) is 12.3. The SMILES string of the molecule is CN1CC[C@]23c4c5ccc(OCCN6CCOCC6)c4O[C@H]2[C@@H](O)C=C[C@H]3[C@H]1C5.O=P(O)(O)O.O=P(O)(O)O. The normalized spacial score (nSPS) is 31.2. The summed E-state index contributed by atoms with van der Waals surface area (Å²) >= 11 is 0. The van der Waals surface area contributed by atoms with Crippen LogP contribution in [-0.4, -0.2) is 116 Å². The van der Waals surface area contributed by atoms with Crippen LogP contribution in [0.4, 0.5) is 0 Å². The summed E-state index contributed by atoms with van der Waals surface area (Å²) in [5.41, 5.74) is 2.58. The van der Waals surface area contributed by atoms with Gasteiger partial charge in [0.05, 0.1) is 13.2 Å². The van der Waals surface area contributed by atoms with Crippen LogP contribution in [0.25, 0.3) is 0 Å². The molecular formula is C23H36N2O12P2. The summed E-state index contributed by atoms with van der Waals surface area (Å²) in [5.74, 6) is 2.13. The van der Waals surface area contributed by atoms with Gasteiger partial charge in [0, 0.05) is 42.6 Å². The third-order valence-corrected chi connectivity index (χ3v) is 7.90. The zero-order valence-corrected chi connectivity index (χ0v) is 23.2. The lowest BCUT2D eigenvalue weighted by atomic mass is 9.53. The number of morpholine rings is 1. The first-order chi connectivity index (χ1) is 18.2. The van der Waals surface area contributed by atoms with Crippen molar-refractivity contribution in [1.29, 1.82) is 0 Å². The molecule has 1 aromatic rings. The lowest BCUT2D eigenvalue weighted by Gasteiger charge is -2.56. The van der Waals surface area contributed by atoms with Crippen molar-refractivity contribution in [2.24, 2.45) is 5.92 Å². The second kappa shape index (κ2) is 11.8. The molecule has 0 radical (unpaired) electrons. The number of aliphatic hydroxyl groups excluding tert-OH is 1. The van der Waals surface area contributed by atoms with Gasteiger partial charge in [-0.1, -0.05) is 18.2 Å². The number of likely N-dealkylation sites (N-methyl/N-ethyl adjacent to an activating group) is 1. The van der Waals surface area contributed by atoms with Crippen molar-refractivity contribution in [3.8, 4) is 11.5 Å². The number of hydrogen-bond donors (Lipinski definition) is 7. The zero-order chi connectivity index (χ0) is 28.6. The van der Waals surface area contributed by atoms with Crippen LogP contribution in [0.3, 0.4) is 0 Å². The molecule has 1 aromatic carbocycles. The minimum Gasteiger partial charge on any atom is -0.488 e. The van der Waals surface area contributed by atoms with Gasteiger partial charge in [-0.05, 0) is 38.1 Å². The quantitative estimate of drug-likeness (QED) is 0.171. The Bertz CT molecular complexity index is 1110. The van der Waals surface area contributed by atoms with Gasteiger partial charge in [-0.15, -0.1) is 0 Å². The van der Waals surface area contributed by atoms with E-state index in [9.17, 15) is 5.11 Å². The van der Waals surface area contributed by atoms with Crippen LogP contribution in [-0.2, 0) is 25.7 Å². The average molecular weight is 594 g/mol. The highest BCUT2D eigenvalue weighted by molar-refractivity contribution is 7.45. The molecule has 16 heteroatoms. The highest BCUT2D eigenvalue weighted by atomic mass is 31.2. The smallest absolute Gasteiger partial charge is 0.466 e. The molecule has 39 heavy (non-hydrogen) atoms. The molecule has 2 saturated heterocycles. The maximum Gasteiger partial charge on any atom is 0.466 e. The van der Waals surface area contributed by atoms with Gasteiger partial charge in [0.1, 0.15) is 18.8 Å². The molecule has 1 spiro atoms. The van der Waals surface area contributed by atoms with Crippen molar-refractivity contribution < 1.29 is 57.8 Å². The molecule has 5 atom stereocenters. The number of hydrogen-bond acceptors (Lipinski definition) is 8. The van der Waals surface area contributed by atoms with E-state index in [0.29, 0.717) is 18.6 Å². The standard InChI is InChI=1S/C23H30N2O4.2H3O4P/c1-24-7-6-23-16-3-4-18(26)22(23)29-21-19(5-2-15(20(21)23)14-17(16)24)28-13-10-25-8-11-27-12-9-25;2*1-5(2,3)4/h2-5,16-18,22,26H,6-14H2,1H3;2*(H3,1,2,3,4)/t16-,17+,18-,22-,23-;;/m0../s1. The number of ether oxygens (including phenoxy) is 3. The Kier molecular flexibility index (Phi) is 9.29. The number of piperidine rings is 1. The minimum atomic E-state index is -4.64. The summed E-state index contributed by atoms with van der Waals surface area (Å²) in [6, 6.07) is 4.80. The van der Waals surface area contributed by atoms with E-state index in [4.69, 9.17) is 52.7 Å². The lowest BCUT2D eigenvalue weighted by molar-refractivity contribution is -0.0454. The van der Waals surface area contributed by atoms with Crippen LogP contribution in [0, 0.1) is 5.92 Å². The number of rotatable bonds is 4. The Hall–Kier alpha value is -1.38. The molecule has 2 bridgehead atoms. The average Bonchev–Trinajstić information content (AvgIpc) is 3.18. The number of phosphoric acid groups is 2. The van der Waals surface area contributed by atoms with E-state index in [1.54, 1.807) is 0 Å². The second-order valence-electron chi connectivity index (χ2n) is 10.2. The first-order valence-corrected chi connectivity index (χ1v) is 15.7. The van der Waals surface area contributed by atoms with Crippen molar-refractivity contribution in [1.82, 2.24) is 9.80 Å². The van der Waals surface area contributed by atoms with Crippen LogP contribution < -0.4 is 9.47 Å². The molecule has 2 aliphatic carbocycles. The molecule has 0 unspecified atom stereocenters. The Morgan fingerprint density at radius 2 is 1.67 bits per heavy atom. The molecule has 220 valence electrons. The summed E-state index contributed by atoms with van der Waals surface area (Å²) in [6.45, 7) is 6.13. The number of likely N-dealkylation sites (tertiary alicyclic amines) is 1. The van der Waals surface area contributed by atoms with Crippen molar-refractivity contribution >= 4 is 15.6 Å². The molecular weight excluding hydrogens is 558 g/mol. The number of nitrogens with zero attached hydrogens (tertiary/aromatic N) is 2. The molecule has 6 rings (SSSR count). The number of benzene rings is 1. The van der Waals surface area contributed by atoms with Crippen LogP contribution in [0.1, 0.15) is 17.5 Å². The molecule has 0 amide bonds. The Morgan fingerprint density at radius 3 is 2.31 bits per heavy atom. The van der Waals surface area contributed by atoms with Crippen LogP contribution in [0.2, 0.25) is 0 Å². The first-order valence-electron chi connectivity index (χ1n) is 12.6. The first kappa shape index (κ1) is 30.6. The summed E-state index contributed by atoms with van der Waals surface area (Å²) in [4.78, 5) is 48.0. The predicted molar refractivity (Wildman–Crippen MR) is 137 cm³/mol. The fourth-order valence-corrected chi connectivity index (χ4v) is 6.45. The van der Waals surface area contributed by atoms with E-state index >= 15 is 0 Å². The van der Waals surface area contributed by atoms with E-state index in [-0.39, 0.29) is 11.5 Å². The van der Waals surface area contributed by atoms with E-state index in [2.05, 4.69) is 35.1 Å². The molecule has 14 nitrogen and oxygen atoms in total. The maximum absolute atomic E-state index is 10.8. The fourth-order valence-electron chi connectivity index (χ4n) is 6.45. The van der Waals surface area contributed by atoms with E-state index in [1.165, 1.54) is 11.1 Å².